The van der Waals surface area contributed by atoms with Crippen molar-refractivity contribution in [3.63, 3.8) is 0 Å². The number of aromatic nitrogens is 2. The van der Waals surface area contributed by atoms with E-state index in [0.29, 0.717) is 6.54 Å². The van der Waals surface area contributed by atoms with Crippen LogP contribution in [-0.2, 0) is 20.4 Å². The Hall–Kier alpha value is -1.34. The Morgan fingerprint density at radius 3 is 2.88 bits per heavy atom. The molecule has 0 bridgehead atoms. The van der Waals surface area contributed by atoms with Crippen LogP contribution < -0.4 is 5.32 Å². The van der Waals surface area contributed by atoms with E-state index < -0.39 is 9.05 Å². The Morgan fingerprint density at radius 2 is 2.38 bits per heavy atom. The third-order valence-corrected chi connectivity index (χ3v) is 2.81. The molecule has 1 aromatic rings. The van der Waals surface area contributed by atoms with Crippen LogP contribution in [0.1, 0.15) is 0 Å². The van der Waals surface area contributed by atoms with E-state index in [4.69, 9.17) is 10.7 Å². The van der Waals surface area contributed by atoms with E-state index in [2.05, 4.69) is 16.9 Å². The van der Waals surface area contributed by atoms with E-state index in [9.17, 15) is 13.2 Å². The van der Waals surface area contributed by atoms with Crippen LogP contribution in [0.15, 0.2) is 30.2 Å². The lowest BCUT2D eigenvalue weighted by molar-refractivity contribution is -0.121. The highest BCUT2D eigenvalue weighted by molar-refractivity contribution is 8.13. The predicted molar refractivity (Wildman–Crippen MR) is 58.5 cm³/mol. The monoisotopic (exact) mass is 263 g/mol. The van der Waals surface area contributed by atoms with Gasteiger partial charge in [-0.05, 0) is 0 Å². The molecule has 0 saturated heterocycles. The van der Waals surface area contributed by atoms with Crippen LogP contribution in [0.4, 0.5) is 0 Å². The van der Waals surface area contributed by atoms with Gasteiger partial charge >= 0.3 is 0 Å². The van der Waals surface area contributed by atoms with Gasteiger partial charge in [0.25, 0.3) is 9.05 Å². The minimum atomic E-state index is -3.84. The zero-order chi connectivity index (χ0) is 12.2. The smallest absolute Gasteiger partial charge is 0.280 e. The molecule has 0 atom stereocenters. The lowest BCUT2D eigenvalue weighted by Gasteiger charge is -2.01. The second-order valence-corrected chi connectivity index (χ2v) is 5.43. The van der Waals surface area contributed by atoms with Gasteiger partial charge in [0, 0.05) is 23.4 Å². The van der Waals surface area contributed by atoms with Crippen molar-refractivity contribution >= 4 is 25.6 Å². The Kier molecular flexibility index (Phi) is 4.08. The molecule has 1 amide bonds. The number of nitrogens with one attached hydrogen (secondary N) is 1. The number of nitrogens with zero attached hydrogens (tertiary/aromatic N) is 2. The average molecular weight is 264 g/mol. The minimum absolute atomic E-state index is 0.0206. The van der Waals surface area contributed by atoms with Crippen molar-refractivity contribution in [3.05, 3.63) is 25.2 Å². The Morgan fingerprint density at radius 1 is 1.69 bits per heavy atom. The number of hydrogen-bond acceptors (Lipinski definition) is 4. The molecular formula is C8H10ClN3O3S. The minimum Gasteiger partial charge on any atom is -0.351 e. The van der Waals surface area contributed by atoms with Gasteiger partial charge in [0.05, 0.1) is 6.33 Å². The predicted octanol–water partition coefficient (Wildman–Crippen LogP) is 0.113. The number of halogens is 1. The van der Waals surface area contributed by atoms with Gasteiger partial charge < -0.3 is 9.88 Å². The number of rotatable bonds is 5. The van der Waals surface area contributed by atoms with Crippen LogP contribution >= 0.6 is 10.7 Å². The Balaban J connectivity index is 2.66. The van der Waals surface area contributed by atoms with Crippen molar-refractivity contribution in [2.45, 2.75) is 11.6 Å². The molecule has 8 heteroatoms. The quantitative estimate of drug-likeness (QED) is 0.604. The highest BCUT2D eigenvalue weighted by Crippen LogP contribution is 2.10. The molecule has 0 unspecified atom stereocenters. The summed E-state index contributed by atoms with van der Waals surface area (Å²) in [6, 6.07) is 0. The van der Waals surface area contributed by atoms with Gasteiger partial charge in [0.15, 0.2) is 5.03 Å². The highest BCUT2D eigenvalue weighted by atomic mass is 35.7. The van der Waals surface area contributed by atoms with Gasteiger partial charge in [0.2, 0.25) is 5.91 Å². The molecule has 0 aliphatic rings. The van der Waals surface area contributed by atoms with E-state index in [-0.39, 0.29) is 17.5 Å². The van der Waals surface area contributed by atoms with Gasteiger partial charge in [-0.15, -0.1) is 6.58 Å². The first-order valence-corrected chi connectivity index (χ1v) is 6.58. The van der Waals surface area contributed by atoms with Crippen LogP contribution in [0.5, 0.6) is 0 Å². The summed E-state index contributed by atoms with van der Waals surface area (Å²) in [5.74, 6) is -0.268. The van der Waals surface area contributed by atoms with E-state index in [1.54, 1.807) is 6.08 Å². The van der Waals surface area contributed by atoms with Gasteiger partial charge in [-0.2, -0.15) is 0 Å². The summed E-state index contributed by atoms with van der Waals surface area (Å²) in [6.07, 6.45) is 3.96. The van der Waals surface area contributed by atoms with E-state index >= 15 is 0 Å². The summed E-state index contributed by atoms with van der Waals surface area (Å²) >= 11 is 0. The second-order valence-electron chi connectivity index (χ2n) is 2.91. The number of hydrogen-bond donors (Lipinski definition) is 1. The maximum absolute atomic E-state index is 11.2. The fourth-order valence-electron chi connectivity index (χ4n) is 0.960. The molecule has 0 saturated carbocycles. The third-order valence-electron chi connectivity index (χ3n) is 1.63. The van der Waals surface area contributed by atoms with Crippen molar-refractivity contribution in [2.24, 2.45) is 0 Å². The molecule has 0 aliphatic carbocycles. The lowest BCUT2D eigenvalue weighted by Crippen LogP contribution is -2.27. The van der Waals surface area contributed by atoms with Crippen molar-refractivity contribution < 1.29 is 13.2 Å². The SMILES string of the molecule is C=CCNC(=O)Cn1cnc(S(=O)(=O)Cl)c1. The summed E-state index contributed by atoms with van der Waals surface area (Å²) in [7, 11) is 1.23. The highest BCUT2D eigenvalue weighted by Gasteiger charge is 2.14. The molecule has 0 fully saturated rings. The van der Waals surface area contributed by atoms with Gasteiger partial charge in [-0.25, -0.2) is 13.4 Å². The molecular weight excluding hydrogens is 254 g/mol. The zero-order valence-electron chi connectivity index (χ0n) is 8.26. The van der Waals surface area contributed by atoms with E-state index in [0.717, 1.165) is 0 Å². The average Bonchev–Trinajstić information content (AvgIpc) is 2.62. The molecule has 1 rings (SSSR count). The third kappa shape index (κ3) is 3.67. The maximum atomic E-state index is 11.2. The van der Waals surface area contributed by atoms with Crippen molar-refractivity contribution in [1.29, 1.82) is 0 Å². The van der Waals surface area contributed by atoms with Gasteiger partial charge in [-0.1, -0.05) is 6.08 Å². The number of imidazole rings is 1. The summed E-state index contributed by atoms with van der Waals surface area (Å²) < 4.78 is 23.1. The van der Waals surface area contributed by atoms with Crippen molar-refractivity contribution in [2.75, 3.05) is 6.54 Å². The first-order chi connectivity index (χ1) is 7.43. The lowest BCUT2D eigenvalue weighted by atomic mass is 10.5. The Labute approximate surface area is 97.3 Å². The van der Waals surface area contributed by atoms with Crippen LogP contribution in [0.2, 0.25) is 0 Å². The molecule has 0 aromatic carbocycles. The van der Waals surface area contributed by atoms with Crippen LogP contribution in [-0.4, -0.2) is 30.4 Å². The molecule has 1 aromatic heterocycles. The maximum Gasteiger partial charge on any atom is 0.280 e. The fourth-order valence-corrected chi connectivity index (χ4v) is 1.63. The first kappa shape index (κ1) is 12.7. The fraction of sp³-hybridized carbons (Fsp3) is 0.250. The molecule has 16 heavy (non-hydrogen) atoms. The Bertz CT molecular complexity index is 494. The largest absolute Gasteiger partial charge is 0.351 e. The standard InChI is InChI=1S/C8H10ClN3O3S/c1-2-3-10-7(13)4-12-5-8(11-6-12)16(9,14)15/h2,5-6H,1,3-4H2,(H,10,13). The zero-order valence-corrected chi connectivity index (χ0v) is 9.83. The topological polar surface area (TPSA) is 81.1 Å². The van der Waals surface area contributed by atoms with Gasteiger partial charge in [-0.3, -0.25) is 4.79 Å². The van der Waals surface area contributed by atoms with Crippen molar-refractivity contribution in [3.8, 4) is 0 Å². The van der Waals surface area contributed by atoms with Crippen LogP contribution in [0.3, 0.4) is 0 Å². The summed E-state index contributed by atoms with van der Waals surface area (Å²) in [5, 5.41) is 2.27. The first-order valence-electron chi connectivity index (χ1n) is 4.27. The summed E-state index contributed by atoms with van der Waals surface area (Å²) in [5.41, 5.74) is 0. The van der Waals surface area contributed by atoms with Crippen LogP contribution in [0, 0.1) is 0 Å². The van der Waals surface area contributed by atoms with Crippen LogP contribution in [0.25, 0.3) is 0 Å². The molecule has 1 N–H and O–H groups in total. The molecule has 0 spiro atoms. The summed E-state index contributed by atoms with van der Waals surface area (Å²) in [4.78, 5) is 14.8. The number of amides is 1. The second kappa shape index (κ2) is 5.13. The summed E-state index contributed by atoms with van der Waals surface area (Å²) in [6.45, 7) is 3.78. The molecule has 0 radical (unpaired) electrons. The van der Waals surface area contributed by atoms with Gasteiger partial charge in [0.1, 0.15) is 6.54 Å². The molecule has 0 aliphatic heterocycles. The molecule has 6 nitrogen and oxygen atoms in total. The number of carbonyl (C=O) groups is 1. The van der Waals surface area contributed by atoms with Crippen molar-refractivity contribution in [1.82, 2.24) is 14.9 Å². The normalized spacial score (nSPS) is 11.1. The number of carbonyl (C=O) groups excluding carboxylic acids is 1. The molecule has 1 heterocycles. The molecule has 88 valence electrons. The van der Waals surface area contributed by atoms with E-state index in [1.165, 1.54) is 17.1 Å². The van der Waals surface area contributed by atoms with E-state index in [1.807, 2.05) is 0 Å².